The second-order valence-corrected chi connectivity index (χ2v) is 4.91. The van der Waals surface area contributed by atoms with Gasteiger partial charge in [-0.15, -0.1) is 0 Å². The maximum Gasteiger partial charge on any atom is 0.300 e. The Labute approximate surface area is 113 Å². The minimum absolute atomic E-state index is 0.00223. The van der Waals surface area contributed by atoms with E-state index >= 15 is 0 Å². The standard InChI is InChI=1S/C11H12ClN3O4/c12-9-4-7(8(5-13-9)15(18)19)10(17)14-11(6-16)2-1-3-11/h4-5,16H,1-3,6H2,(H,14,17). The number of pyridine rings is 1. The van der Waals surface area contributed by atoms with E-state index in [9.17, 15) is 20.0 Å². The van der Waals surface area contributed by atoms with Gasteiger partial charge in [-0.05, 0) is 25.3 Å². The Hall–Kier alpha value is -1.73. The quantitative estimate of drug-likeness (QED) is 0.492. The van der Waals surface area contributed by atoms with Crippen molar-refractivity contribution < 1.29 is 14.8 Å². The summed E-state index contributed by atoms with van der Waals surface area (Å²) in [4.78, 5) is 25.8. The number of nitrogens with one attached hydrogen (secondary N) is 1. The van der Waals surface area contributed by atoms with Crippen molar-refractivity contribution in [2.75, 3.05) is 6.61 Å². The zero-order valence-corrected chi connectivity index (χ0v) is 10.7. The summed E-state index contributed by atoms with van der Waals surface area (Å²) in [5, 5.41) is 22.8. The van der Waals surface area contributed by atoms with Gasteiger partial charge in [0.05, 0.1) is 17.1 Å². The number of nitrogens with zero attached hydrogens (tertiary/aromatic N) is 2. The van der Waals surface area contributed by atoms with Crippen molar-refractivity contribution in [3.63, 3.8) is 0 Å². The number of carbonyl (C=O) groups excluding carboxylic acids is 1. The van der Waals surface area contributed by atoms with Gasteiger partial charge in [-0.1, -0.05) is 11.6 Å². The summed E-state index contributed by atoms with van der Waals surface area (Å²) in [6.45, 7) is -0.189. The lowest BCUT2D eigenvalue weighted by molar-refractivity contribution is -0.385. The van der Waals surface area contributed by atoms with E-state index < -0.39 is 22.1 Å². The van der Waals surface area contributed by atoms with E-state index in [1.54, 1.807) is 0 Å². The minimum atomic E-state index is -0.690. The van der Waals surface area contributed by atoms with Crippen molar-refractivity contribution in [2.45, 2.75) is 24.8 Å². The van der Waals surface area contributed by atoms with E-state index in [1.807, 2.05) is 0 Å². The van der Waals surface area contributed by atoms with Gasteiger partial charge in [-0.25, -0.2) is 4.98 Å². The van der Waals surface area contributed by atoms with Crippen molar-refractivity contribution in [3.05, 3.63) is 33.1 Å². The first-order valence-electron chi connectivity index (χ1n) is 5.71. The highest BCUT2D eigenvalue weighted by molar-refractivity contribution is 6.29. The molecule has 0 spiro atoms. The fourth-order valence-electron chi connectivity index (χ4n) is 1.98. The molecule has 102 valence electrons. The molecule has 8 heteroatoms. The molecule has 1 aliphatic carbocycles. The van der Waals surface area contributed by atoms with Crippen LogP contribution in [0, 0.1) is 10.1 Å². The monoisotopic (exact) mass is 285 g/mol. The highest BCUT2D eigenvalue weighted by Crippen LogP contribution is 2.32. The molecule has 0 radical (unpaired) electrons. The van der Waals surface area contributed by atoms with Gasteiger partial charge in [0.25, 0.3) is 11.6 Å². The molecule has 0 unspecified atom stereocenters. The molecule has 19 heavy (non-hydrogen) atoms. The molecule has 1 heterocycles. The molecule has 0 bridgehead atoms. The largest absolute Gasteiger partial charge is 0.394 e. The van der Waals surface area contributed by atoms with Gasteiger partial charge in [0.1, 0.15) is 16.9 Å². The average molecular weight is 286 g/mol. The van der Waals surface area contributed by atoms with Gasteiger partial charge >= 0.3 is 0 Å². The van der Waals surface area contributed by atoms with Crippen LogP contribution >= 0.6 is 11.6 Å². The summed E-state index contributed by atoms with van der Waals surface area (Å²) in [5.41, 5.74) is -1.22. The number of carbonyl (C=O) groups is 1. The van der Waals surface area contributed by atoms with Crippen molar-refractivity contribution >= 4 is 23.2 Å². The lowest BCUT2D eigenvalue weighted by Crippen LogP contribution is -2.56. The van der Waals surface area contributed by atoms with Crippen LogP contribution in [0.25, 0.3) is 0 Å². The molecule has 1 fully saturated rings. The lowest BCUT2D eigenvalue weighted by atomic mass is 9.77. The van der Waals surface area contributed by atoms with Gasteiger partial charge in [0, 0.05) is 0 Å². The summed E-state index contributed by atoms with van der Waals surface area (Å²) in [5.74, 6) is -0.621. The second kappa shape index (κ2) is 5.10. The number of nitro groups is 1. The van der Waals surface area contributed by atoms with Crippen LogP contribution in [0.5, 0.6) is 0 Å². The summed E-state index contributed by atoms with van der Waals surface area (Å²) in [7, 11) is 0. The Kier molecular flexibility index (Phi) is 3.68. The fourth-order valence-corrected chi connectivity index (χ4v) is 2.14. The fraction of sp³-hybridized carbons (Fsp3) is 0.455. The smallest absolute Gasteiger partial charge is 0.300 e. The third kappa shape index (κ3) is 2.66. The normalized spacial score (nSPS) is 16.5. The summed E-state index contributed by atoms with van der Waals surface area (Å²) in [6.07, 6.45) is 3.16. The maximum absolute atomic E-state index is 12.1. The van der Waals surface area contributed by atoms with Crippen LogP contribution in [0.3, 0.4) is 0 Å². The topological polar surface area (TPSA) is 105 Å². The number of hydrogen-bond acceptors (Lipinski definition) is 5. The molecule has 1 aliphatic rings. The zero-order chi connectivity index (χ0) is 14.0. The Morgan fingerprint density at radius 1 is 1.63 bits per heavy atom. The molecule has 2 N–H and O–H groups in total. The van der Waals surface area contributed by atoms with Gasteiger partial charge in [-0.3, -0.25) is 14.9 Å². The molecular formula is C11H12ClN3O4. The molecule has 0 aromatic carbocycles. The van der Waals surface area contributed by atoms with E-state index in [2.05, 4.69) is 10.3 Å². The summed E-state index contributed by atoms with van der Waals surface area (Å²) in [6, 6.07) is 1.15. The van der Waals surface area contributed by atoms with Crippen LogP contribution in [0.4, 0.5) is 5.69 Å². The second-order valence-electron chi connectivity index (χ2n) is 4.53. The number of aliphatic hydroxyl groups excluding tert-OH is 1. The van der Waals surface area contributed by atoms with E-state index in [-0.39, 0.29) is 17.3 Å². The molecule has 0 saturated heterocycles. The highest BCUT2D eigenvalue weighted by Gasteiger charge is 2.39. The Bertz CT molecular complexity index is 525. The molecule has 1 amide bonds. The number of amides is 1. The van der Waals surface area contributed by atoms with Crippen molar-refractivity contribution in [1.82, 2.24) is 10.3 Å². The van der Waals surface area contributed by atoms with Crippen LogP contribution in [0.1, 0.15) is 29.6 Å². The predicted molar refractivity (Wildman–Crippen MR) is 67.0 cm³/mol. The van der Waals surface area contributed by atoms with E-state index in [0.29, 0.717) is 12.8 Å². The summed E-state index contributed by atoms with van der Waals surface area (Å²) < 4.78 is 0. The average Bonchev–Trinajstić information content (AvgIpc) is 2.33. The van der Waals surface area contributed by atoms with E-state index in [1.165, 1.54) is 0 Å². The highest BCUT2D eigenvalue weighted by atomic mass is 35.5. The minimum Gasteiger partial charge on any atom is -0.394 e. The Morgan fingerprint density at radius 3 is 2.79 bits per heavy atom. The van der Waals surface area contributed by atoms with E-state index in [0.717, 1.165) is 18.7 Å². The Morgan fingerprint density at radius 2 is 2.32 bits per heavy atom. The third-order valence-electron chi connectivity index (χ3n) is 3.28. The first-order valence-corrected chi connectivity index (χ1v) is 6.08. The van der Waals surface area contributed by atoms with Crippen molar-refractivity contribution in [3.8, 4) is 0 Å². The number of rotatable bonds is 4. The van der Waals surface area contributed by atoms with Gasteiger partial charge < -0.3 is 10.4 Å². The predicted octanol–water partition coefficient (Wildman–Crippen LogP) is 1.29. The molecule has 0 aliphatic heterocycles. The molecule has 1 aromatic rings. The summed E-state index contributed by atoms with van der Waals surface area (Å²) >= 11 is 5.66. The molecular weight excluding hydrogens is 274 g/mol. The number of aromatic nitrogens is 1. The maximum atomic E-state index is 12.1. The van der Waals surface area contributed by atoms with Gasteiger partial charge in [0.2, 0.25) is 0 Å². The molecule has 1 aromatic heterocycles. The number of aliphatic hydroxyl groups is 1. The first-order chi connectivity index (χ1) is 8.97. The first kappa shape index (κ1) is 13.7. The van der Waals surface area contributed by atoms with Crippen molar-refractivity contribution in [2.24, 2.45) is 0 Å². The van der Waals surface area contributed by atoms with Crippen LogP contribution in [0.15, 0.2) is 12.3 Å². The van der Waals surface area contributed by atoms with Crippen molar-refractivity contribution in [1.29, 1.82) is 0 Å². The zero-order valence-electron chi connectivity index (χ0n) is 9.93. The Balaban J connectivity index is 2.28. The van der Waals surface area contributed by atoms with Gasteiger partial charge in [0.15, 0.2) is 0 Å². The molecule has 0 atom stereocenters. The SMILES string of the molecule is O=C(NC1(CO)CCC1)c1cc(Cl)ncc1[N+](=O)[O-]. The number of hydrogen-bond donors (Lipinski definition) is 2. The van der Waals surface area contributed by atoms with Crippen LogP contribution in [0.2, 0.25) is 5.15 Å². The number of halogens is 1. The third-order valence-corrected chi connectivity index (χ3v) is 3.49. The van der Waals surface area contributed by atoms with Gasteiger partial charge in [-0.2, -0.15) is 0 Å². The lowest BCUT2D eigenvalue weighted by Gasteiger charge is -2.40. The molecule has 2 rings (SSSR count). The molecule has 1 saturated carbocycles. The molecule has 7 nitrogen and oxygen atoms in total. The van der Waals surface area contributed by atoms with Crippen LogP contribution < -0.4 is 5.32 Å². The van der Waals surface area contributed by atoms with Crippen LogP contribution in [-0.2, 0) is 0 Å². The van der Waals surface area contributed by atoms with Crippen LogP contribution in [-0.4, -0.2) is 33.1 Å². The van der Waals surface area contributed by atoms with E-state index in [4.69, 9.17) is 11.6 Å².